The molecule has 19 heavy (non-hydrogen) atoms. The summed E-state index contributed by atoms with van der Waals surface area (Å²) in [6, 6.07) is 8.48. The number of hydrogen-bond acceptors (Lipinski definition) is 1. The van der Waals surface area contributed by atoms with Gasteiger partial charge in [0, 0.05) is 6.04 Å². The van der Waals surface area contributed by atoms with E-state index in [2.05, 4.69) is 0 Å². The van der Waals surface area contributed by atoms with Crippen molar-refractivity contribution in [1.29, 1.82) is 0 Å². The average molecular weight is 302 g/mol. The van der Waals surface area contributed by atoms with Gasteiger partial charge >= 0.3 is 0 Å². The van der Waals surface area contributed by atoms with Gasteiger partial charge in [-0.2, -0.15) is 0 Å². The second-order valence-corrected chi connectivity index (χ2v) is 4.95. The van der Waals surface area contributed by atoms with Crippen LogP contribution in [0, 0.1) is 11.6 Å². The van der Waals surface area contributed by atoms with Crippen molar-refractivity contribution in [3.8, 4) is 0 Å². The Kier molecular flexibility index (Phi) is 4.40. The van der Waals surface area contributed by atoms with E-state index in [-0.39, 0.29) is 16.5 Å². The van der Waals surface area contributed by atoms with Gasteiger partial charge in [0.25, 0.3) is 0 Å². The van der Waals surface area contributed by atoms with Gasteiger partial charge in [0.15, 0.2) is 0 Å². The third-order valence-electron chi connectivity index (χ3n) is 2.85. The zero-order valence-electron chi connectivity index (χ0n) is 9.84. The summed E-state index contributed by atoms with van der Waals surface area (Å²) in [5.41, 5.74) is 6.78. The molecule has 0 fully saturated rings. The molecule has 0 radical (unpaired) electrons. The summed E-state index contributed by atoms with van der Waals surface area (Å²) in [6.45, 7) is 0. The maximum Gasteiger partial charge on any atom is 0.145 e. The van der Waals surface area contributed by atoms with Crippen LogP contribution in [-0.4, -0.2) is 0 Å². The minimum absolute atomic E-state index is 0.0302. The molecule has 0 amide bonds. The first-order chi connectivity index (χ1) is 9.00. The first-order valence-electron chi connectivity index (χ1n) is 5.63. The second kappa shape index (κ2) is 5.87. The number of hydrogen-bond donors (Lipinski definition) is 1. The number of halogens is 4. The van der Waals surface area contributed by atoms with Crippen molar-refractivity contribution in [2.45, 2.75) is 12.5 Å². The van der Waals surface area contributed by atoms with Gasteiger partial charge in [-0.05, 0) is 29.7 Å². The largest absolute Gasteiger partial charge is 0.324 e. The molecule has 0 aromatic heterocycles. The van der Waals surface area contributed by atoms with E-state index in [0.29, 0.717) is 11.1 Å². The molecule has 0 bridgehead atoms. The fourth-order valence-corrected chi connectivity index (χ4v) is 2.32. The lowest BCUT2D eigenvalue weighted by molar-refractivity contribution is 0.590. The highest BCUT2D eigenvalue weighted by Crippen LogP contribution is 2.28. The molecule has 2 rings (SSSR count). The highest BCUT2D eigenvalue weighted by atomic mass is 35.5. The monoisotopic (exact) mass is 301 g/mol. The molecule has 2 aromatic carbocycles. The third-order valence-corrected chi connectivity index (χ3v) is 3.54. The molecule has 1 atom stereocenters. The molecule has 0 aliphatic carbocycles. The van der Waals surface area contributed by atoms with Crippen molar-refractivity contribution in [3.05, 3.63) is 69.2 Å². The van der Waals surface area contributed by atoms with Crippen LogP contribution < -0.4 is 5.73 Å². The molecule has 1 unspecified atom stereocenters. The summed E-state index contributed by atoms with van der Waals surface area (Å²) in [6.07, 6.45) is 0.190. The topological polar surface area (TPSA) is 26.0 Å². The fraction of sp³-hybridized carbons (Fsp3) is 0.143. The predicted octanol–water partition coefficient (Wildman–Crippen LogP) is 4.51. The first-order valence-corrected chi connectivity index (χ1v) is 6.38. The summed E-state index contributed by atoms with van der Waals surface area (Å²) in [7, 11) is 0. The van der Waals surface area contributed by atoms with Crippen molar-refractivity contribution < 1.29 is 8.78 Å². The number of nitrogens with two attached hydrogens (primary N) is 1. The molecule has 2 N–H and O–H groups in total. The van der Waals surface area contributed by atoms with Crippen LogP contribution in [0.4, 0.5) is 8.78 Å². The van der Waals surface area contributed by atoms with E-state index in [1.54, 1.807) is 18.2 Å². The van der Waals surface area contributed by atoms with Crippen molar-refractivity contribution in [2.24, 2.45) is 5.73 Å². The third kappa shape index (κ3) is 3.06. The van der Waals surface area contributed by atoms with Crippen molar-refractivity contribution >= 4 is 23.2 Å². The van der Waals surface area contributed by atoms with Gasteiger partial charge in [0.2, 0.25) is 0 Å². The van der Waals surface area contributed by atoms with Gasteiger partial charge in [-0.15, -0.1) is 0 Å². The van der Waals surface area contributed by atoms with Crippen LogP contribution in [0.3, 0.4) is 0 Å². The smallest absolute Gasteiger partial charge is 0.145 e. The van der Waals surface area contributed by atoms with Gasteiger partial charge in [-0.25, -0.2) is 8.78 Å². The van der Waals surface area contributed by atoms with Crippen LogP contribution >= 0.6 is 23.2 Å². The van der Waals surface area contributed by atoms with E-state index in [0.717, 1.165) is 0 Å². The van der Waals surface area contributed by atoms with Crippen LogP contribution in [0.1, 0.15) is 17.2 Å². The molecule has 0 saturated carbocycles. The fourth-order valence-electron chi connectivity index (χ4n) is 1.86. The zero-order valence-corrected chi connectivity index (χ0v) is 11.3. The lowest BCUT2D eigenvalue weighted by Gasteiger charge is -2.15. The highest BCUT2D eigenvalue weighted by Gasteiger charge is 2.16. The van der Waals surface area contributed by atoms with E-state index in [1.807, 2.05) is 0 Å². The lowest BCUT2D eigenvalue weighted by atomic mass is 9.99. The maximum absolute atomic E-state index is 13.8. The van der Waals surface area contributed by atoms with Crippen LogP contribution in [0.2, 0.25) is 10.0 Å². The SMILES string of the molecule is NC(Cc1cccc(Cl)c1F)c1cccc(F)c1Cl. The van der Waals surface area contributed by atoms with Gasteiger partial charge in [-0.3, -0.25) is 0 Å². The standard InChI is InChI=1S/C14H11Cl2F2N/c15-10-5-1-3-8(14(10)18)7-12(19)9-4-2-6-11(17)13(9)16/h1-6,12H,7,19H2. The number of rotatable bonds is 3. The molecule has 0 aliphatic rings. The number of benzene rings is 2. The Labute approximate surface area is 119 Å². The van der Waals surface area contributed by atoms with E-state index in [4.69, 9.17) is 28.9 Å². The molecule has 0 spiro atoms. The van der Waals surface area contributed by atoms with E-state index < -0.39 is 17.7 Å². The summed E-state index contributed by atoms with van der Waals surface area (Å²) < 4.78 is 27.1. The van der Waals surface area contributed by atoms with Crippen molar-refractivity contribution in [1.82, 2.24) is 0 Å². The van der Waals surface area contributed by atoms with E-state index >= 15 is 0 Å². The highest BCUT2D eigenvalue weighted by molar-refractivity contribution is 6.31. The maximum atomic E-state index is 13.8. The normalized spacial score (nSPS) is 12.5. The Bertz CT molecular complexity index is 602. The van der Waals surface area contributed by atoms with Crippen LogP contribution in [0.5, 0.6) is 0 Å². The Morgan fingerprint density at radius 1 is 1.05 bits per heavy atom. The molecule has 1 nitrogen and oxygen atoms in total. The average Bonchev–Trinajstić information content (AvgIpc) is 2.38. The van der Waals surface area contributed by atoms with E-state index in [1.165, 1.54) is 18.2 Å². The molecular weight excluding hydrogens is 291 g/mol. The van der Waals surface area contributed by atoms with Gasteiger partial charge in [0.05, 0.1) is 10.0 Å². The lowest BCUT2D eigenvalue weighted by Crippen LogP contribution is -2.15. The second-order valence-electron chi connectivity index (χ2n) is 4.17. The van der Waals surface area contributed by atoms with Crippen LogP contribution in [0.15, 0.2) is 36.4 Å². The molecule has 2 aromatic rings. The van der Waals surface area contributed by atoms with Crippen LogP contribution in [0.25, 0.3) is 0 Å². The Hall–Kier alpha value is -1.16. The predicted molar refractivity (Wildman–Crippen MR) is 73.5 cm³/mol. The molecule has 0 aliphatic heterocycles. The molecule has 0 heterocycles. The molecule has 0 saturated heterocycles. The Balaban J connectivity index is 2.28. The molecule has 100 valence electrons. The summed E-state index contributed by atoms with van der Waals surface area (Å²) in [5.74, 6) is -1.05. The van der Waals surface area contributed by atoms with Gasteiger partial charge < -0.3 is 5.73 Å². The Morgan fingerprint density at radius 2 is 1.74 bits per heavy atom. The summed E-state index contributed by atoms with van der Waals surface area (Å²) in [4.78, 5) is 0. The van der Waals surface area contributed by atoms with Crippen molar-refractivity contribution in [2.75, 3.05) is 0 Å². The molecular formula is C14H11Cl2F2N. The molecule has 5 heteroatoms. The van der Waals surface area contributed by atoms with Crippen LogP contribution in [-0.2, 0) is 6.42 Å². The van der Waals surface area contributed by atoms with E-state index in [9.17, 15) is 8.78 Å². The van der Waals surface area contributed by atoms with Crippen molar-refractivity contribution in [3.63, 3.8) is 0 Å². The van der Waals surface area contributed by atoms with Gasteiger partial charge in [-0.1, -0.05) is 47.5 Å². The minimum atomic E-state index is -0.601. The summed E-state index contributed by atoms with van der Waals surface area (Å²) >= 11 is 11.5. The van der Waals surface area contributed by atoms with Gasteiger partial charge in [0.1, 0.15) is 11.6 Å². The first kappa shape index (κ1) is 14.3. The minimum Gasteiger partial charge on any atom is -0.324 e. The zero-order chi connectivity index (χ0) is 14.0. The summed E-state index contributed by atoms with van der Waals surface area (Å²) in [5, 5.41) is 0.00692. The quantitative estimate of drug-likeness (QED) is 0.886. The Morgan fingerprint density at radius 3 is 2.47 bits per heavy atom.